The second-order valence-corrected chi connectivity index (χ2v) is 6.71. The van der Waals surface area contributed by atoms with E-state index >= 15 is 0 Å². The zero-order valence-electron chi connectivity index (χ0n) is 15.4. The van der Waals surface area contributed by atoms with Gasteiger partial charge in [-0.3, -0.25) is 9.69 Å². The molecule has 25 heavy (non-hydrogen) atoms. The quantitative estimate of drug-likeness (QED) is 0.761. The Labute approximate surface area is 155 Å². The highest BCUT2D eigenvalue weighted by molar-refractivity contribution is 6.32. The molecule has 1 heterocycles. The van der Waals surface area contributed by atoms with E-state index in [-0.39, 0.29) is 11.9 Å². The van der Waals surface area contributed by atoms with Crippen molar-refractivity contribution in [3.63, 3.8) is 0 Å². The number of nitrogens with one attached hydrogen (secondary N) is 1. The fourth-order valence-electron chi connectivity index (χ4n) is 3.31. The summed E-state index contributed by atoms with van der Waals surface area (Å²) in [5, 5.41) is 3.55. The second kappa shape index (κ2) is 9.88. The molecule has 1 saturated heterocycles. The van der Waals surface area contributed by atoms with Gasteiger partial charge in [-0.1, -0.05) is 24.9 Å². The smallest absolute Gasteiger partial charge is 0.237 e. The molecule has 140 valence electrons. The SMILES string of the molecule is CCCN1CCCCC1C(=O)NCc1cc(Cl)c(OCC)c(OC)c1. The highest BCUT2D eigenvalue weighted by atomic mass is 35.5. The number of rotatable bonds is 8. The maximum atomic E-state index is 12.6. The van der Waals surface area contributed by atoms with Gasteiger partial charge in [0.15, 0.2) is 11.5 Å². The Bertz CT molecular complexity index is 578. The molecule has 0 radical (unpaired) electrons. The number of piperidine rings is 1. The van der Waals surface area contributed by atoms with Crippen LogP contribution in [-0.2, 0) is 11.3 Å². The van der Waals surface area contributed by atoms with Crippen LogP contribution >= 0.6 is 11.6 Å². The van der Waals surface area contributed by atoms with Gasteiger partial charge >= 0.3 is 0 Å². The fraction of sp³-hybridized carbons (Fsp3) is 0.632. The molecule has 0 saturated carbocycles. The molecular formula is C19H29ClN2O3. The van der Waals surface area contributed by atoms with Gasteiger partial charge in [0.05, 0.1) is 24.8 Å². The normalized spacial score (nSPS) is 18.0. The summed E-state index contributed by atoms with van der Waals surface area (Å²) in [6.45, 7) is 6.97. The Balaban J connectivity index is 2.02. The number of benzene rings is 1. The first-order valence-corrected chi connectivity index (χ1v) is 9.49. The van der Waals surface area contributed by atoms with Crippen molar-refractivity contribution in [2.45, 2.75) is 52.1 Å². The molecular weight excluding hydrogens is 340 g/mol. The third-order valence-electron chi connectivity index (χ3n) is 4.47. The molecule has 1 unspecified atom stereocenters. The molecule has 0 aromatic heterocycles. The standard InChI is InChI=1S/C19H29ClN2O3/c1-4-9-22-10-7-6-8-16(22)19(23)21-13-14-11-15(20)18(25-5-2)17(12-14)24-3/h11-12,16H,4-10,13H2,1-3H3,(H,21,23). The summed E-state index contributed by atoms with van der Waals surface area (Å²) < 4.78 is 10.9. The zero-order chi connectivity index (χ0) is 18.2. The van der Waals surface area contributed by atoms with Crippen molar-refractivity contribution in [1.82, 2.24) is 10.2 Å². The van der Waals surface area contributed by atoms with Gasteiger partial charge in [-0.05, 0) is 57.0 Å². The van der Waals surface area contributed by atoms with Gasteiger partial charge in [-0.15, -0.1) is 0 Å². The lowest BCUT2D eigenvalue weighted by molar-refractivity contribution is -0.127. The predicted octanol–water partition coefficient (Wildman–Crippen LogP) is 3.63. The largest absolute Gasteiger partial charge is 0.493 e. The first-order valence-electron chi connectivity index (χ1n) is 9.11. The van der Waals surface area contributed by atoms with Gasteiger partial charge in [0.1, 0.15) is 0 Å². The third-order valence-corrected chi connectivity index (χ3v) is 4.75. The van der Waals surface area contributed by atoms with E-state index in [0.29, 0.717) is 29.7 Å². The van der Waals surface area contributed by atoms with Crippen LogP contribution in [0.1, 0.15) is 45.1 Å². The van der Waals surface area contributed by atoms with E-state index in [1.807, 2.05) is 19.1 Å². The Morgan fingerprint density at radius 1 is 1.36 bits per heavy atom. The molecule has 1 aliphatic rings. The minimum absolute atomic E-state index is 0.0197. The van der Waals surface area contributed by atoms with Crippen LogP contribution in [0.3, 0.4) is 0 Å². The van der Waals surface area contributed by atoms with Crippen molar-refractivity contribution in [3.05, 3.63) is 22.7 Å². The Morgan fingerprint density at radius 3 is 2.84 bits per heavy atom. The van der Waals surface area contributed by atoms with E-state index < -0.39 is 0 Å². The van der Waals surface area contributed by atoms with Crippen LogP contribution < -0.4 is 14.8 Å². The third kappa shape index (κ3) is 5.25. The van der Waals surface area contributed by atoms with Crippen LogP contribution in [0.5, 0.6) is 11.5 Å². The summed E-state index contributed by atoms with van der Waals surface area (Å²) in [5.41, 5.74) is 0.900. The summed E-state index contributed by atoms with van der Waals surface area (Å²) in [5.74, 6) is 1.23. The molecule has 0 aliphatic carbocycles. The van der Waals surface area contributed by atoms with Crippen molar-refractivity contribution < 1.29 is 14.3 Å². The molecule has 1 atom stereocenters. The van der Waals surface area contributed by atoms with E-state index in [9.17, 15) is 4.79 Å². The molecule has 1 aromatic rings. The molecule has 0 spiro atoms. The van der Waals surface area contributed by atoms with Gasteiger partial charge in [-0.25, -0.2) is 0 Å². The minimum Gasteiger partial charge on any atom is -0.493 e. The van der Waals surface area contributed by atoms with Crippen LogP contribution in [0.15, 0.2) is 12.1 Å². The molecule has 1 aromatic carbocycles. The maximum absolute atomic E-state index is 12.6. The molecule has 6 heteroatoms. The van der Waals surface area contributed by atoms with E-state index in [4.69, 9.17) is 21.1 Å². The number of carbonyl (C=O) groups is 1. The van der Waals surface area contributed by atoms with Gasteiger partial charge in [-0.2, -0.15) is 0 Å². The summed E-state index contributed by atoms with van der Waals surface area (Å²) in [4.78, 5) is 14.9. The van der Waals surface area contributed by atoms with Crippen molar-refractivity contribution >= 4 is 17.5 Å². The number of halogens is 1. The Hall–Kier alpha value is -1.46. The molecule has 1 aliphatic heterocycles. The van der Waals surface area contributed by atoms with Crippen molar-refractivity contribution in [3.8, 4) is 11.5 Å². The summed E-state index contributed by atoms with van der Waals surface area (Å²) in [6, 6.07) is 3.66. The Kier molecular flexibility index (Phi) is 7.85. The van der Waals surface area contributed by atoms with Crippen LogP contribution in [0.4, 0.5) is 0 Å². The molecule has 1 N–H and O–H groups in total. The summed E-state index contributed by atoms with van der Waals surface area (Å²) in [6.07, 6.45) is 4.28. The van der Waals surface area contributed by atoms with E-state index in [0.717, 1.165) is 37.9 Å². The Morgan fingerprint density at radius 2 is 2.16 bits per heavy atom. The summed E-state index contributed by atoms with van der Waals surface area (Å²) >= 11 is 6.29. The predicted molar refractivity (Wildman–Crippen MR) is 101 cm³/mol. The number of hydrogen-bond donors (Lipinski definition) is 1. The number of hydrogen-bond acceptors (Lipinski definition) is 4. The van der Waals surface area contributed by atoms with Gasteiger partial charge in [0.25, 0.3) is 0 Å². The number of methoxy groups -OCH3 is 1. The topological polar surface area (TPSA) is 50.8 Å². The van der Waals surface area contributed by atoms with Crippen molar-refractivity contribution in [2.75, 3.05) is 26.8 Å². The number of carbonyl (C=O) groups excluding carboxylic acids is 1. The lowest BCUT2D eigenvalue weighted by Gasteiger charge is -2.34. The summed E-state index contributed by atoms with van der Waals surface area (Å²) in [7, 11) is 1.58. The highest BCUT2D eigenvalue weighted by Gasteiger charge is 2.27. The number of likely N-dealkylation sites (tertiary alicyclic amines) is 1. The average molecular weight is 369 g/mol. The number of nitrogens with zero attached hydrogens (tertiary/aromatic N) is 1. The fourth-order valence-corrected chi connectivity index (χ4v) is 3.60. The maximum Gasteiger partial charge on any atom is 0.237 e. The van der Waals surface area contributed by atoms with E-state index in [1.165, 1.54) is 6.42 Å². The molecule has 2 rings (SSSR count). The minimum atomic E-state index is -0.0197. The number of ether oxygens (including phenoxy) is 2. The van der Waals surface area contributed by atoms with Crippen LogP contribution in [0.25, 0.3) is 0 Å². The monoisotopic (exact) mass is 368 g/mol. The zero-order valence-corrected chi connectivity index (χ0v) is 16.2. The van der Waals surface area contributed by atoms with Crippen LogP contribution in [0, 0.1) is 0 Å². The van der Waals surface area contributed by atoms with Crippen LogP contribution in [0.2, 0.25) is 5.02 Å². The molecule has 1 fully saturated rings. The lowest BCUT2D eigenvalue weighted by atomic mass is 10.0. The van der Waals surface area contributed by atoms with Crippen molar-refractivity contribution in [2.24, 2.45) is 0 Å². The van der Waals surface area contributed by atoms with Gasteiger partial charge in [0.2, 0.25) is 5.91 Å². The second-order valence-electron chi connectivity index (χ2n) is 6.31. The number of amides is 1. The first-order chi connectivity index (χ1) is 12.1. The molecule has 1 amide bonds. The van der Waals surface area contributed by atoms with E-state index in [1.54, 1.807) is 7.11 Å². The van der Waals surface area contributed by atoms with Crippen molar-refractivity contribution in [1.29, 1.82) is 0 Å². The lowest BCUT2D eigenvalue weighted by Crippen LogP contribution is -2.49. The highest BCUT2D eigenvalue weighted by Crippen LogP contribution is 2.36. The first kappa shape index (κ1) is 19.9. The average Bonchev–Trinajstić information content (AvgIpc) is 2.62. The van der Waals surface area contributed by atoms with E-state index in [2.05, 4.69) is 17.1 Å². The molecule has 5 nitrogen and oxygen atoms in total. The molecule has 0 bridgehead atoms. The van der Waals surface area contributed by atoms with Gasteiger partial charge in [0, 0.05) is 6.54 Å². The van der Waals surface area contributed by atoms with Gasteiger partial charge < -0.3 is 14.8 Å². The van der Waals surface area contributed by atoms with Crippen LogP contribution in [-0.4, -0.2) is 43.7 Å².